The fraction of sp³-hybridized carbons (Fsp3) is 0.625. The van der Waals surface area contributed by atoms with Crippen molar-refractivity contribution in [2.24, 2.45) is 11.1 Å². The minimum Gasteiger partial charge on any atom is -0.496 e. The van der Waals surface area contributed by atoms with Gasteiger partial charge in [0.15, 0.2) is 0 Å². The largest absolute Gasteiger partial charge is 0.496 e. The summed E-state index contributed by atoms with van der Waals surface area (Å²) in [6, 6.07) is 4.16. The highest BCUT2D eigenvalue weighted by Crippen LogP contribution is 2.43. The van der Waals surface area contributed by atoms with Crippen molar-refractivity contribution in [3.05, 3.63) is 23.3 Å². The fourth-order valence-corrected chi connectivity index (χ4v) is 3.36. The Kier molecular flexibility index (Phi) is 4.35. The standard InChI is InChI=1S/C16H25NO2/c1-12-14(18-2)7-6-13(15(12)19-3)10-16(11-17)8-4-5-9-16/h6-7H,4-5,8-11,17H2,1-3H3. The summed E-state index contributed by atoms with van der Waals surface area (Å²) in [6.45, 7) is 2.81. The quantitative estimate of drug-likeness (QED) is 0.888. The number of rotatable bonds is 5. The molecular formula is C16H25NO2. The molecule has 0 atom stereocenters. The molecule has 106 valence electrons. The lowest BCUT2D eigenvalue weighted by molar-refractivity contribution is 0.299. The smallest absolute Gasteiger partial charge is 0.128 e. The van der Waals surface area contributed by atoms with E-state index in [2.05, 4.69) is 6.07 Å². The molecule has 0 heterocycles. The highest BCUT2D eigenvalue weighted by molar-refractivity contribution is 5.49. The first-order chi connectivity index (χ1) is 9.15. The van der Waals surface area contributed by atoms with E-state index in [1.165, 1.54) is 31.2 Å². The Labute approximate surface area is 116 Å². The maximum Gasteiger partial charge on any atom is 0.128 e. The normalized spacial score (nSPS) is 17.5. The van der Waals surface area contributed by atoms with Gasteiger partial charge in [-0.15, -0.1) is 0 Å². The Hall–Kier alpha value is -1.22. The summed E-state index contributed by atoms with van der Waals surface area (Å²) in [5, 5.41) is 0. The van der Waals surface area contributed by atoms with E-state index in [1.54, 1.807) is 14.2 Å². The third kappa shape index (κ3) is 2.71. The molecule has 0 radical (unpaired) electrons. The van der Waals surface area contributed by atoms with Crippen LogP contribution in [0.15, 0.2) is 12.1 Å². The van der Waals surface area contributed by atoms with Crippen molar-refractivity contribution in [2.45, 2.75) is 39.0 Å². The van der Waals surface area contributed by atoms with E-state index in [9.17, 15) is 0 Å². The van der Waals surface area contributed by atoms with Crippen LogP contribution < -0.4 is 15.2 Å². The van der Waals surface area contributed by atoms with Gasteiger partial charge in [0.05, 0.1) is 14.2 Å². The van der Waals surface area contributed by atoms with Crippen LogP contribution in [0.2, 0.25) is 0 Å². The van der Waals surface area contributed by atoms with Gasteiger partial charge < -0.3 is 15.2 Å². The zero-order chi connectivity index (χ0) is 13.9. The molecule has 0 aliphatic heterocycles. The summed E-state index contributed by atoms with van der Waals surface area (Å²) in [4.78, 5) is 0. The van der Waals surface area contributed by atoms with Crippen LogP contribution in [0.3, 0.4) is 0 Å². The van der Waals surface area contributed by atoms with Gasteiger partial charge >= 0.3 is 0 Å². The lowest BCUT2D eigenvalue weighted by Gasteiger charge is -2.28. The average molecular weight is 263 g/mol. The Balaban J connectivity index is 2.32. The van der Waals surface area contributed by atoms with Crippen LogP contribution in [0, 0.1) is 12.3 Å². The molecule has 1 aliphatic rings. The molecule has 1 saturated carbocycles. The summed E-state index contributed by atoms with van der Waals surface area (Å²) in [5.41, 5.74) is 8.64. The second-order valence-corrected chi connectivity index (χ2v) is 5.67. The van der Waals surface area contributed by atoms with Crippen molar-refractivity contribution in [3.63, 3.8) is 0 Å². The number of hydrogen-bond acceptors (Lipinski definition) is 3. The monoisotopic (exact) mass is 263 g/mol. The highest BCUT2D eigenvalue weighted by Gasteiger charge is 2.33. The molecule has 2 N–H and O–H groups in total. The number of benzene rings is 1. The van der Waals surface area contributed by atoms with Crippen molar-refractivity contribution in [3.8, 4) is 11.5 Å². The van der Waals surface area contributed by atoms with E-state index in [0.717, 1.165) is 30.0 Å². The first-order valence-corrected chi connectivity index (χ1v) is 7.06. The zero-order valence-electron chi connectivity index (χ0n) is 12.3. The van der Waals surface area contributed by atoms with Gasteiger partial charge in [-0.1, -0.05) is 18.9 Å². The molecule has 3 heteroatoms. The van der Waals surface area contributed by atoms with Gasteiger partial charge in [-0.25, -0.2) is 0 Å². The minimum atomic E-state index is 0.272. The van der Waals surface area contributed by atoms with Crippen molar-refractivity contribution >= 4 is 0 Å². The van der Waals surface area contributed by atoms with Crippen LogP contribution in [0.1, 0.15) is 36.8 Å². The first kappa shape index (κ1) is 14.2. The van der Waals surface area contributed by atoms with Crippen LogP contribution in [0.5, 0.6) is 11.5 Å². The Bertz CT molecular complexity index is 437. The molecule has 1 aliphatic carbocycles. The number of nitrogens with two attached hydrogens (primary N) is 1. The molecule has 3 nitrogen and oxygen atoms in total. The first-order valence-electron chi connectivity index (χ1n) is 7.06. The number of ether oxygens (including phenoxy) is 2. The van der Waals surface area contributed by atoms with Gasteiger partial charge in [0.25, 0.3) is 0 Å². The fourth-order valence-electron chi connectivity index (χ4n) is 3.36. The van der Waals surface area contributed by atoms with E-state index in [0.29, 0.717) is 0 Å². The molecule has 0 bridgehead atoms. The SMILES string of the molecule is COc1ccc(CC2(CN)CCCC2)c(OC)c1C. The maximum atomic E-state index is 6.04. The van der Waals surface area contributed by atoms with Crippen LogP contribution in [-0.2, 0) is 6.42 Å². The molecule has 1 aromatic rings. The predicted molar refractivity (Wildman–Crippen MR) is 77.9 cm³/mol. The highest BCUT2D eigenvalue weighted by atomic mass is 16.5. The predicted octanol–water partition coefficient (Wildman–Crippen LogP) is 3.07. The Morgan fingerprint density at radius 2 is 1.84 bits per heavy atom. The molecular weight excluding hydrogens is 238 g/mol. The molecule has 0 aromatic heterocycles. The van der Waals surface area contributed by atoms with E-state index in [-0.39, 0.29) is 5.41 Å². The second-order valence-electron chi connectivity index (χ2n) is 5.67. The summed E-state index contributed by atoms with van der Waals surface area (Å²) in [6.07, 6.45) is 6.08. The topological polar surface area (TPSA) is 44.5 Å². The molecule has 1 aromatic carbocycles. The van der Waals surface area contributed by atoms with E-state index < -0.39 is 0 Å². The molecule has 0 amide bonds. The lowest BCUT2D eigenvalue weighted by atomic mass is 9.79. The summed E-state index contributed by atoms with van der Waals surface area (Å²) >= 11 is 0. The van der Waals surface area contributed by atoms with Gasteiger partial charge in [0, 0.05) is 5.56 Å². The lowest BCUT2D eigenvalue weighted by Crippen LogP contribution is -2.30. The molecule has 2 rings (SSSR count). The van der Waals surface area contributed by atoms with E-state index >= 15 is 0 Å². The molecule has 1 fully saturated rings. The van der Waals surface area contributed by atoms with Gasteiger partial charge in [0.2, 0.25) is 0 Å². The van der Waals surface area contributed by atoms with Crippen LogP contribution in [0.25, 0.3) is 0 Å². The minimum absolute atomic E-state index is 0.272. The van der Waals surface area contributed by atoms with Crippen molar-refractivity contribution in [2.75, 3.05) is 20.8 Å². The van der Waals surface area contributed by atoms with Crippen LogP contribution in [0.4, 0.5) is 0 Å². The molecule has 0 saturated heterocycles. The second kappa shape index (κ2) is 5.83. The summed E-state index contributed by atoms with van der Waals surface area (Å²) in [5.74, 6) is 1.84. The van der Waals surface area contributed by atoms with Gasteiger partial charge in [-0.05, 0) is 49.8 Å². The van der Waals surface area contributed by atoms with Gasteiger partial charge in [-0.3, -0.25) is 0 Å². The third-order valence-corrected chi connectivity index (χ3v) is 4.52. The summed E-state index contributed by atoms with van der Waals surface area (Å²) < 4.78 is 11.0. The molecule has 0 unspecified atom stereocenters. The van der Waals surface area contributed by atoms with E-state index in [4.69, 9.17) is 15.2 Å². The zero-order valence-corrected chi connectivity index (χ0v) is 12.3. The van der Waals surface area contributed by atoms with E-state index in [1.807, 2.05) is 13.0 Å². The third-order valence-electron chi connectivity index (χ3n) is 4.52. The number of methoxy groups -OCH3 is 2. The Morgan fingerprint density at radius 3 is 2.37 bits per heavy atom. The van der Waals surface area contributed by atoms with Crippen LogP contribution >= 0.6 is 0 Å². The number of hydrogen-bond donors (Lipinski definition) is 1. The van der Waals surface area contributed by atoms with Gasteiger partial charge in [-0.2, -0.15) is 0 Å². The molecule has 0 spiro atoms. The van der Waals surface area contributed by atoms with Crippen molar-refractivity contribution in [1.82, 2.24) is 0 Å². The summed E-state index contributed by atoms with van der Waals surface area (Å²) in [7, 11) is 3.43. The van der Waals surface area contributed by atoms with Crippen LogP contribution in [-0.4, -0.2) is 20.8 Å². The maximum absolute atomic E-state index is 6.04. The van der Waals surface area contributed by atoms with Gasteiger partial charge in [0.1, 0.15) is 11.5 Å². The average Bonchev–Trinajstić information content (AvgIpc) is 2.88. The Morgan fingerprint density at radius 1 is 1.16 bits per heavy atom. The van der Waals surface area contributed by atoms with Crippen molar-refractivity contribution < 1.29 is 9.47 Å². The van der Waals surface area contributed by atoms with Crippen molar-refractivity contribution in [1.29, 1.82) is 0 Å². The molecule has 19 heavy (non-hydrogen) atoms.